The number of hydrogen-bond donors (Lipinski definition) is 1. The molecule has 1 aromatic heterocycles. The number of aromatic nitrogens is 1. The van der Waals surface area contributed by atoms with Crippen molar-refractivity contribution in [1.29, 1.82) is 0 Å². The predicted molar refractivity (Wildman–Crippen MR) is 95.0 cm³/mol. The molecule has 2 fully saturated rings. The van der Waals surface area contributed by atoms with E-state index in [0.717, 1.165) is 0 Å². The molecule has 138 valence electrons. The van der Waals surface area contributed by atoms with E-state index in [4.69, 9.17) is 4.74 Å². The van der Waals surface area contributed by atoms with Gasteiger partial charge in [-0.25, -0.2) is 12.4 Å². The van der Waals surface area contributed by atoms with E-state index in [1.54, 1.807) is 42.6 Å². The van der Waals surface area contributed by atoms with Crippen molar-refractivity contribution in [3.8, 4) is 0 Å². The van der Waals surface area contributed by atoms with E-state index in [9.17, 15) is 13.2 Å². The van der Waals surface area contributed by atoms with Crippen molar-refractivity contribution < 1.29 is 17.9 Å². The Bertz CT molecular complexity index is 894. The zero-order chi connectivity index (χ0) is 18.1. The zero-order valence-corrected chi connectivity index (χ0v) is 15.1. The summed E-state index contributed by atoms with van der Waals surface area (Å²) in [5.41, 5.74) is 0.683. The summed E-state index contributed by atoms with van der Waals surface area (Å²) in [5.74, 6) is -0.209. The molecule has 2 aromatic rings. The number of amides is 1. The zero-order valence-electron chi connectivity index (χ0n) is 14.2. The van der Waals surface area contributed by atoms with Crippen molar-refractivity contribution in [2.24, 2.45) is 5.92 Å². The normalized spacial score (nSPS) is 24.1. The van der Waals surface area contributed by atoms with Crippen molar-refractivity contribution in [2.75, 3.05) is 26.3 Å². The van der Waals surface area contributed by atoms with Crippen LogP contribution in [0.3, 0.4) is 0 Å². The lowest BCUT2D eigenvalue weighted by Crippen LogP contribution is -2.42. The highest BCUT2D eigenvalue weighted by atomic mass is 32.2. The first kappa shape index (κ1) is 17.3. The van der Waals surface area contributed by atoms with E-state index in [1.165, 1.54) is 3.97 Å². The lowest BCUT2D eigenvalue weighted by atomic mass is 10.1. The number of carbonyl (C=O) groups excluding carboxylic acids is 1. The summed E-state index contributed by atoms with van der Waals surface area (Å²) in [4.78, 5) is 14.5. The van der Waals surface area contributed by atoms with E-state index >= 15 is 0 Å². The molecule has 3 heterocycles. The maximum absolute atomic E-state index is 12.9. The molecule has 26 heavy (non-hydrogen) atoms. The average Bonchev–Trinajstić information content (AvgIpc) is 2.94. The number of hydrogen-bond acceptors (Lipinski definition) is 5. The lowest BCUT2D eigenvalue weighted by molar-refractivity contribution is -0.125. The summed E-state index contributed by atoms with van der Waals surface area (Å²) >= 11 is 0. The third-order valence-electron chi connectivity index (χ3n) is 4.79. The average molecular weight is 375 g/mol. The van der Waals surface area contributed by atoms with Gasteiger partial charge in [0.05, 0.1) is 30.1 Å². The Hall–Kier alpha value is -2.16. The highest BCUT2D eigenvalue weighted by molar-refractivity contribution is 7.90. The van der Waals surface area contributed by atoms with Gasteiger partial charge in [0.15, 0.2) is 0 Å². The van der Waals surface area contributed by atoms with Crippen LogP contribution < -0.4 is 5.32 Å². The molecule has 1 aromatic carbocycles. The van der Waals surface area contributed by atoms with Gasteiger partial charge in [0.1, 0.15) is 0 Å². The third kappa shape index (κ3) is 3.27. The Balaban J connectivity index is 1.59. The van der Waals surface area contributed by atoms with Crippen LogP contribution in [0.2, 0.25) is 0 Å². The highest BCUT2D eigenvalue weighted by Gasteiger charge is 2.33. The summed E-state index contributed by atoms with van der Waals surface area (Å²) in [6.07, 6.45) is 1.57. The van der Waals surface area contributed by atoms with Crippen molar-refractivity contribution in [1.82, 2.24) is 14.2 Å². The van der Waals surface area contributed by atoms with Crippen LogP contribution in [0.4, 0.5) is 0 Å². The topological polar surface area (TPSA) is 80.6 Å². The Morgan fingerprint density at radius 3 is 2.69 bits per heavy atom. The fourth-order valence-corrected chi connectivity index (χ4v) is 4.93. The number of nitrogens with zero attached hydrogens (tertiary/aromatic N) is 2. The maximum atomic E-state index is 12.9. The van der Waals surface area contributed by atoms with Crippen LogP contribution in [0.25, 0.3) is 0 Å². The number of nitrogens with one attached hydrogen (secondary N) is 1. The molecule has 8 heteroatoms. The molecule has 1 N–H and O–H groups in total. The monoisotopic (exact) mass is 375 g/mol. The smallest absolute Gasteiger partial charge is 0.267 e. The van der Waals surface area contributed by atoms with Crippen molar-refractivity contribution in [3.63, 3.8) is 0 Å². The minimum Gasteiger partial charge on any atom is -0.378 e. The van der Waals surface area contributed by atoms with Gasteiger partial charge in [-0.15, -0.1) is 0 Å². The first-order chi connectivity index (χ1) is 12.5. The summed E-state index contributed by atoms with van der Waals surface area (Å²) in [6, 6.07) is 11.9. The molecule has 2 saturated heterocycles. The Labute approximate surface area is 152 Å². The van der Waals surface area contributed by atoms with Crippen LogP contribution in [0.5, 0.6) is 0 Å². The van der Waals surface area contributed by atoms with Gasteiger partial charge in [-0.05, 0) is 24.3 Å². The van der Waals surface area contributed by atoms with Crippen LogP contribution in [-0.4, -0.2) is 55.5 Å². The van der Waals surface area contributed by atoms with Crippen molar-refractivity contribution in [3.05, 3.63) is 54.4 Å². The molecule has 2 aliphatic heterocycles. The molecule has 4 rings (SSSR count). The van der Waals surface area contributed by atoms with Gasteiger partial charge in [-0.1, -0.05) is 18.2 Å². The minimum atomic E-state index is -3.63. The molecule has 0 spiro atoms. The molecule has 0 aliphatic carbocycles. The first-order valence-corrected chi connectivity index (χ1v) is 10.1. The molecule has 2 aliphatic rings. The molecule has 2 atom stereocenters. The Kier molecular flexibility index (Phi) is 4.56. The number of benzene rings is 1. The molecule has 0 saturated carbocycles. The second kappa shape index (κ2) is 6.86. The summed E-state index contributed by atoms with van der Waals surface area (Å²) in [7, 11) is -3.63. The van der Waals surface area contributed by atoms with Gasteiger partial charge >= 0.3 is 0 Å². The first-order valence-electron chi connectivity index (χ1n) is 8.61. The molecular weight excluding hydrogens is 354 g/mol. The SMILES string of the molecule is O=C1N[C@@H]2COC[C@H]1CN(Cc1cccn1S(=O)(=O)c1ccccc1)C2. The molecule has 1 amide bonds. The van der Waals surface area contributed by atoms with Gasteiger partial charge in [0.25, 0.3) is 10.0 Å². The van der Waals surface area contributed by atoms with E-state index in [0.29, 0.717) is 38.5 Å². The van der Waals surface area contributed by atoms with E-state index in [-0.39, 0.29) is 22.8 Å². The standard InChI is InChI=1S/C18H21N3O4S/c22-18-14-9-20(10-15(19-18)13-25-12-14)11-16-5-4-8-21(16)26(23,24)17-6-2-1-3-7-17/h1-8,14-15H,9-13H2,(H,19,22)/t14-,15+/m1/s1. The fraction of sp³-hybridized carbons (Fsp3) is 0.389. The summed E-state index contributed by atoms with van der Waals surface area (Å²) < 4.78 is 32.7. The second-order valence-electron chi connectivity index (χ2n) is 6.75. The van der Waals surface area contributed by atoms with Crippen LogP contribution >= 0.6 is 0 Å². The Morgan fingerprint density at radius 2 is 1.88 bits per heavy atom. The van der Waals surface area contributed by atoms with Gasteiger partial charge in [0.2, 0.25) is 5.91 Å². The van der Waals surface area contributed by atoms with Crippen LogP contribution in [-0.2, 0) is 26.1 Å². The van der Waals surface area contributed by atoms with E-state index in [1.807, 2.05) is 6.07 Å². The highest BCUT2D eigenvalue weighted by Crippen LogP contribution is 2.20. The van der Waals surface area contributed by atoms with Gasteiger partial charge in [-0.3, -0.25) is 9.69 Å². The molecule has 7 nitrogen and oxygen atoms in total. The second-order valence-corrected chi connectivity index (χ2v) is 8.56. The van der Waals surface area contributed by atoms with Crippen LogP contribution in [0, 0.1) is 5.92 Å². The number of carbonyl (C=O) groups is 1. The molecular formula is C18H21N3O4S. The van der Waals surface area contributed by atoms with Gasteiger partial charge < -0.3 is 10.1 Å². The van der Waals surface area contributed by atoms with Crippen LogP contribution in [0.1, 0.15) is 5.69 Å². The van der Waals surface area contributed by atoms with Gasteiger partial charge in [-0.2, -0.15) is 0 Å². The summed E-state index contributed by atoms with van der Waals surface area (Å²) in [6.45, 7) is 2.54. The maximum Gasteiger partial charge on any atom is 0.267 e. The lowest BCUT2D eigenvalue weighted by Gasteiger charge is -2.27. The number of rotatable bonds is 4. The number of ether oxygens (including phenoxy) is 1. The fourth-order valence-electron chi connectivity index (χ4n) is 3.54. The predicted octanol–water partition coefficient (Wildman–Crippen LogP) is 0.672. The quantitative estimate of drug-likeness (QED) is 0.850. The van der Waals surface area contributed by atoms with Crippen LogP contribution in [0.15, 0.2) is 53.6 Å². The van der Waals surface area contributed by atoms with E-state index in [2.05, 4.69) is 10.2 Å². The Morgan fingerprint density at radius 1 is 1.08 bits per heavy atom. The molecule has 0 unspecified atom stereocenters. The third-order valence-corrected chi connectivity index (χ3v) is 6.53. The number of fused-ring (bicyclic) bond motifs is 3. The van der Waals surface area contributed by atoms with Crippen molar-refractivity contribution >= 4 is 15.9 Å². The molecule has 0 radical (unpaired) electrons. The van der Waals surface area contributed by atoms with E-state index < -0.39 is 10.0 Å². The van der Waals surface area contributed by atoms with Crippen molar-refractivity contribution in [2.45, 2.75) is 17.5 Å². The summed E-state index contributed by atoms with van der Waals surface area (Å²) in [5, 5.41) is 2.99. The largest absolute Gasteiger partial charge is 0.378 e. The minimum absolute atomic E-state index is 0.0160. The van der Waals surface area contributed by atoms with Gasteiger partial charge in [0, 0.05) is 31.5 Å². The molecule has 2 bridgehead atoms.